The molecule has 0 amide bonds. The summed E-state index contributed by atoms with van der Waals surface area (Å²) in [4.78, 5) is 9.28. The van der Waals surface area contributed by atoms with Gasteiger partial charge in [-0.15, -0.1) is 0 Å². The number of aliphatic hydroxyl groups excluding tert-OH is 1. The molecule has 0 bridgehead atoms. The van der Waals surface area contributed by atoms with Crippen LogP contribution in [0.5, 0.6) is 0 Å². The molecular formula is C13H21N3O. The molecular weight excluding hydrogens is 214 g/mol. The van der Waals surface area contributed by atoms with Gasteiger partial charge in [-0.05, 0) is 31.2 Å². The summed E-state index contributed by atoms with van der Waals surface area (Å²) in [7, 11) is 2.15. The zero-order chi connectivity index (χ0) is 12.3. The molecule has 0 unspecified atom stereocenters. The van der Waals surface area contributed by atoms with Crippen LogP contribution in [0.1, 0.15) is 18.2 Å². The molecule has 0 aromatic carbocycles. The van der Waals surface area contributed by atoms with Gasteiger partial charge in [-0.1, -0.05) is 6.92 Å². The molecule has 1 fully saturated rings. The summed E-state index contributed by atoms with van der Waals surface area (Å²) in [6, 6.07) is 3.99. The van der Waals surface area contributed by atoms with E-state index in [9.17, 15) is 5.11 Å². The smallest absolute Gasteiger partial charge is 0.129 e. The normalized spacial score (nSPS) is 17.5. The van der Waals surface area contributed by atoms with E-state index >= 15 is 0 Å². The maximum absolute atomic E-state index is 9.27. The number of hydrogen-bond donors (Lipinski definition) is 1. The Hall–Kier alpha value is -1.13. The number of aryl methyl sites for hydroxylation is 1. The molecule has 2 heterocycles. The summed E-state index contributed by atoms with van der Waals surface area (Å²) in [5.41, 5.74) is 2.02. The predicted octanol–water partition coefficient (Wildman–Crippen LogP) is 0.888. The Bertz CT molecular complexity index is 351. The van der Waals surface area contributed by atoms with Crippen LogP contribution >= 0.6 is 0 Å². The molecule has 1 N–H and O–H groups in total. The van der Waals surface area contributed by atoms with E-state index in [1.54, 1.807) is 0 Å². The number of pyridine rings is 1. The molecule has 1 aliphatic rings. The zero-order valence-electron chi connectivity index (χ0n) is 10.7. The monoisotopic (exact) mass is 235 g/mol. The van der Waals surface area contributed by atoms with Crippen molar-refractivity contribution in [3.8, 4) is 0 Å². The fraction of sp³-hybridized carbons (Fsp3) is 0.615. The highest BCUT2D eigenvalue weighted by Crippen LogP contribution is 2.17. The van der Waals surface area contributed by atoms with Crippen LogP contribution < -0.4 is 4.90 Å². The molecule has 4 nitrogen and oxygen atoms in total. The average molecular weight is 235 g/mol. The van der Waals surface area contributed by atoms with Crippen molar-refractivity contribution in [3.63, 3.8) is 0 Å². The first-order chi connectivity index (χ1) is 8.22. The Morgan fingerprint density at radius 2 is 1.94 bits per heavy atom. The zero-order valence-corrected chi connectivity index (χ0v) is 10.7. The molecule has 2 rings (SSSR count). The second-order valence-electron chi connectivity index (χ2n) is 4.63. The largest absolute Gasteiger partial charge is 0.392 e. The molecule has 0 radical (unpaired) electrons. The van der Waals surface area contributed by atoms with Crippen LogP contribution in [0, 0.1) is 0 Å². The van der Waals surface area contributed by atoms with Gasteiger partial charge < -0.3 is 14.9 Å². The molecule has 1 saturated heterocycles. The first kappa shape index (κ1) is 12.3. The van der Waals surface area contributed by atoms with Gasteiger partial charge in [0.25, 0.3) is 0 Å². The van der Waals surface area contributed by atoms with Crippen LogP contribution in [0.25, 0.3) is 0 Å². The minimum Gasteiger partial charge on any atom is -0.392 e. The highest BCUT2D eigenvalue weighted by Gasteiger charge is 2.16. The number of piperazine rings is 1. The van der Waals surface area contributed by atoms with Crippen molar-refractivity contribution in [1.82, 2.24) is 9.88 Å². The highest BCUT2D eigenvalue weighted by molar-refractivity contribution is 5.43. The van der Waals surface area contributed by atoms with Crippen LogP contribution in [-0.2, 0) is 13.0 Å². The molecule has 0 saturated carbocycles. The van der Waals surface area contributed by atoms with Crippen LogP contribution in [0.2, 0.25) is 0 Å². The van der Waals surface area contributed by atoms with Gasteiger partial charge >= 0.3 is 0 Å². The second kappa shape index (κ2) is 5.47. The minimum atomic E-state index is 0.0935. The summed E-state index contributed by atoms with van der Waals surface area (Å²) < 4.78 is 0. The van der Waals surface area contributed by atoms with Gasteiger partial charge in [0.05, 0.1) is 6.61 Å². The van der Waals surface area contributed by atoms with Crippen molar-refractivity contribution in [2.45, 2.75) is 20.0 Å². The number of rotatable bonds is 3. The summed E-state index contributed by atoms with van der Waals surface area (Å²) in [6.07, 6.45) is 0.911. The average Bonchev–Trinajstić information content (AvgIpc) is 2.39. The van der Waals surface area contributed by atoms with Crippen LogP contribution in [-0.4, -0.2) is 48.2 Å². The summed E-state index contributed by atoms with van der Waals surface area (Å²) in [5, 5.41) is 9.27. The molecule has 1 aromatic heterocycles. The van der Waals surface area contributed by atoms with Crippen molar-refractivity contribution >= 4 is 5.82 Å². The lowest BCUT2D eigenvalue weighted by Crippen LogP contribution is -2.44. The SMILES string of the molecule is CCc1cc(CO)cc(N2CCN(C)CC2)n1. The van der Waals surface area contributed by atoms with E-state index in [0.717, 1.165) is 49.7 Å². The number of hydrogen-bond acceptors (Lipinski definition) is 4. The van der Waals surface area contributed by atoms with E-state index < -0.39 is 0 Å². The van der Waals surface area contributed by atoms with Crippen LogP contribution in [0.3, 0.4) is 0 Å². The Balaban J connectivity index is 2.19. The van der Waals surface area contributed by atoms with E-state index in [1.807, 2.05) is 12.1 Å². The third-order valence-corrected chi connectivity index (χ3v) is 3.30. The van der Waals surface area contributed by atoms with E-state index in [2.05, 4.69) is 28.8 Å². The van der Waals surface area contributed by atoms with Crippen molar-refractivity contribution in [2.24, 2.45) is 0 Å². The molecule has 94 valence electrons. The summed E-state index contributed by atoms with van der Waals surface area (Å²) in [6.45, 7) is 6.37. The maximum Gasteiger partial charge on any atom is 0.129 e. The molecule has 0 spiro atoms. The van der Waals surface area contributed by atoms with Gasteiger partial charge in [-0.2, -0.15) is 0 Å². The summed E-state index contributed by atoms with van der Waals surface area (Å²) in [5.74, 6) is 1.02. The molecule has 4 heteroatoms. The van der Waals surface area contributed by atoms with Gasteiger partial charge in [0.2, 0.25) is 0 Å². The van der Waals surface area contributed by atoms with Crippen molar-refractivity contribution in [3.05, 3.63) is 23.4 Å². The van der Waals surface area contributed by atoms with Crippen molar-refractivity contribution < 1.29 is 5.11 Å². The second-order valence-corrected chi connectivity index (χ2v) is 4.63. The first-order valence-electron chi connectivity index (χ1n) is 6.27. The van der Waals surface area contributed by atoms with E-state index in [4.69, 9.17) is 0 Å². The van der Waals surface area contributed by atoms with E-state index in [1.165, 1.54) is 0 Å². The molecule has 17 heavy (non-hydrogen) atoms. The minimum absolute atomic E-state index is 0.0935. The third-order valence-electron chi connectivity index (χ3n) is 3.30. The number of likely N-dealkylation sites (N-methyl/N-ethyl adjacent to an activating group) is 1. The van der Waals surface area contributed by atoms with Crippen molar-refractivity contribution in [2.75, 3.05) is 38.1 Å². The predicted molar refractivity (Wildman–Crippen MR) is 69.2 cm³/mol. The lowest BCUT2D eigenvalue weighted by atomic mass is 10.2. The van der Waals surface area contributed by atoms with Gasteiger partial charge in [0, 0.05) is 31.9 Å². The molecule has 1 aromatic rings. The fourth-order valence-electron chi connectivity index (χ4n) is 2.10. The van der Waals surface area contributed by atoms with Crippen molar-refractivity contribution in [1.29, 1.82) is 0 Å². The fourth-order valence-corrected chi connectivity index (χ4v) is 2.10. The van der Waals surface area contributed by atoms with Gasteiger partial charge in [0.15, 0.2) is 0 Å². The maximum atomic E-state index is 9.27. The van der Waals surface area contributed by atoms with E-state index in [-0.39, 0.29) is 6.61 Å². The van der Waals surface area contributed by atoms with Crippen LogP contribution in [0.4, 0.5) is 5.82 Å². The Kier molecular flexibility index (Phi) is 3.97. The van der Waals surface area contributed by atoms with E-state index in [0.29, 0.717) is 0 Å². The number of nitrogens with zero attached hydrogens (tertiary/aromatic N) is 3. The molecule has 0 atom stereocenters. The Morgan fingerprint density at radius 3 is 2.53 bits per heavy atom. The lowest BCUT2D eigenvalue weighted by Gasteiger charge is -2.33. The Labute approximate surface area is 103 Å². The number of aliphatic hydroxyl groups is 1. The van der Waals surface area contributed by atoms with Gasteiger partial charge in [-0.25, -0.2) is 4.98 Å². The lowest BCUT2D eigenvalue weighted by molar-refractivity contribution is 0.281. The highest BCUT2D eigenvalue weighted by atomic mass is 16.3. The van der Waals surface area contributed by atoms with Gasteiger partial charge in [-0.3, -0.25) is 0 Å². The standard InChI is InChI=1S/C13H21N3O/c1-3-12-8-11(10-17)9-13(14-12)16-6-4-15(2)5-7-16/h8-9,17H,3-7,10H2,1-2H3. The topological polar surface area (TPSA) is 39.6 Å². The number of anilines is 1. The summed E-state index contributed by atoms with van der Waals surface area (Å²) >= 11 is 0. The van der Waals surface area contributed by atoms with Crippen LogP contribution in [0.15, 0.2) is 12.1 Å². The molecule has 0 aliphatic carbocycles. The first-order valence-corrected chi connectivity index (χ1v) is 6.27. The quantitative estimate of drug-likeness (QED) is 0.844. The Morgan fingerprint density at radius 1 is 1.24 bits per heavy atom. The molecule has 1 aliphatic heterocycles. The number of aromatic nitrogens is 1. The van der Waals surface area contributed by atoms with Gasteiger partial charge in [0.1, 0.15) is 5.82 Å². The third kappa shape index (κ3) is 2.96.